The van der Waals surface area contributed by atoms with Crippen LogP contribution in [0.25, 0.3) is 21.7 Å². The van der Waals surface area contributed by atoms with Gasteiger partial charge in [-0.05, 0) is 60.5 Å². The average molecular weight is 372 g/mol. The normalized spacial score (nSPS) is 10.7. The fourth-order valence-corrected chi connectivity index (χ4v) is 4.53. The number of ether oxygens (including phenoxy) is 2. The molecule has 130 valence electrons. The summed E-state index contributed by atoms with van der Waals surface area (Å²) in [6.07, 6.45) is 1.14. The number of thioether (sulfide) groups is 1. The molecule has 0 unspecified atom stereocenters. The highest BCUT2D eigenvalue weighted by atomic mass is 32.2. The first-order chi connectivity index (χ1) is 12.2. The summed E-state index contributed by atoms with van der Waals surface area (Å²) in [5.74, 6) is 2.79. The summed E-state index contributed by atoms with van der Waals surface area (Å²) in [4.78, 5) is 6.09. The van der Waals surface area contributed by atoms with Crippen LogP contribution >= 0.6 is 23.1 Å². The SMILES string of the molecule is CCCSc1nc(-c2ccc(OC)cc2)c(-c2ccc(OC)cc2)s1. The molecule has 5 heteroatoms. The maximum Gasteiger partial charge on any atom is 0.151 e. The van der Waals surface area contributed by atoms with Gasteiger partial charge in [-0.15, -0.1) is 11.3 Å². The highest BCUT2D eigenvalue weighted by Crippen LogP contribution is 2.41. The lowest BCUT2D eigenvalue weighted by Gasteiger charge is -2.05. The van der Waals surface area contributed by atoms with Crippen LogP contribution in [0.2, 0.25) is 0 Å². The Labute approximate surface area is 157 Å². The number of aromatic nitrogens is 1. The maximum absolute atomic E-state index is 5.27. The van der Waals surface area contributed by atoms with Crippen molar-refractivity contribution in [2.24, 2.45) is 0 Å². The van der Waals surface area contributed by atoms with Gasteiger partial charge in [-0.25, -0.2) is 4.98 Å². The molecule has 0 amide bonds. The van der Waals surface area contributed by atoms with Crippen molar-refractivity contribution in [3.05, 3.63) is 48.5 Å². The average Bonchev–Trinajstić information content (AvgIpc) is 3.10. The summed E-state index contributed by atoms with van der Waals surface area (Å²) in [7, 11) is 3.37. The molecule has 0 fully saturated rings. The molecular formula is C20H21NO2S2. The van der Waals surface area contributed by atoms with Crippen LogP contribution < -0.4 is 9.47 Å². The number of hydrogen-bond acceptors (Lipinski definition) is 5. The van der Waals surface area contributed by atoms with Crippen molar-refractivity contribution in [1.82, 2.24) is 4.98 Å². The molecule has 0 radical (unpaired) electrons. The van der Waals surface area contributed by atoms with Gasteiger partial charge in [0.1, 0.15) is 11.5 Å². The van der Waals surface area contributed by atoms with Crippen molar-refractivity contribution < 1.29 is 9.47 Å². The highest BCUT2D eigenvalue weighted by molar-refractivity contribution is 8.01. The second kappa shape index (κ2) is 8.41. The minimum atomic E-state index is 0.852. The van der Waals surface area contributed by atoms with Crippen LogP contribution in [0.1, 0.15) is 13.3 Å². The number of hydrogen-bond donors (Lipinski definition) is 0. The largest absolute Gasteiger partial charge is 0.497 e. The summed E-state index contributed by atoms with van der Waals surface area (Å²) in [5.41, 5.74) is 3.29. The van der Waals surface area contributed by atoms with Gasteiger partial charge in [-0.1, -0.05) is 18.7 Å². The summed E-state index contributed by atoms with van der Waals surface area (Å²) >= 11 is 3.57. The minimum Gasteiger partial charge on any atom is -0.497 e. The van der Waals surface area contributed by atoms with E-state index in [9.17, 15) is 0 Å². The Morgan fingerprint density at radius 2 is 1.44 bits per heavy atom. The smallest absolute Gasteiger partial charge is 0.151 e. The molecule has 0 N–H and O–H groups in total. The van der Waals surface area contributed by atoms with Gasteiger partial charge >= 0.3 is 0 Å². The zero-order chi connectivity index (χ0) is 17.6. The van der Waals surface area contributed by atoms with Crippen molar-refractivity contribution in [2.45, 2.75) is 17.7 Å². The molecule has 25 heavy (non-hydrogen) atoms. The first kappa shape index (κ1) is 17.8. The summed E-state index contributed by atoms with van der Waals surface area (Å²) < 4.78 is 11.7. The van der Waals surface area contributed by atoms with Crippen molar-refractivity contribution >= 4 is 23.1 Å². The fraction of sp³-hybridized carbons (Fsp3) is 0.250. The lowest BCUT2D eigenvalue weighted by molar-refractivity contribution is 0.414. The number of thiazole rings is 1. The molecule has 0 saturated heterocycles. The maximum atomic E-state index is 5.27. The van der Waals surface area contributed by atoms with Crippen LogP contribution in [0.15, 0.2) is 52.9 Å². The number of benzene rings is 2. The lowest BCUT2D eigenvalue weighted by atomic mass is 10.1. The van der Waals surface area contributed by atoms with Gasteiger partial charge in [-0.2, -0.15) is 0 Å². The van der Waals surface area contributed by atoms with E-state index in [-0.39, 0.29) is 0 Å². The number of rotatable bonds is 7. The molecule has 0 bridgehead atoms. The Bertz CT molecular complexity index is 746. The van der Waals surface area contributed by atoms with E-state index in [1.807, 2.05) is 36.0 Å². The molecule has 1 heterocycles. The van der Waals surface area contributed by atoms with E-state index in [0.29, 0.717) is 0 Å². The van der Waals surface area contributed by atoms with Crippen LogP contribution in [0.5, 0.6) is 11.5 Å². The van der Waals surface area contributed by atoms with E-state index in [1.54, 1.807) is 25.6 Å². The first-order valence-corrected chi connectivity index (χ1v) is 9.97. The molecule has 3 aromatic rings. The summed E-state index contributed by atoms with van der Waals surface area (Å²) in [6, 6.07) is 16.2. The van der Waals surface area contributed by atoms with E-state index >= 15 is 0 Å². The van der Waals surface area contributed by atoms with Gasteiger partial charge in [0, 0.05) is 11.3 Å². The van der Waals surface area contributed by atoms with Crippen LogP contribution in [-0.4, -0.2) is 25.0 Å². The first-order valence-electron chi connectivity index (χ1n) is 8.17. The molecule has 0 spiro atoms. The minimum absolute atomic E-state index is 0.852. The molecule has 0 atom stereocenters. The molecule has 0 aliphatic carbocycles. The van der Waals surface area contributed by atoms with Crippen LogP contribution in [-0.2, 0) is 0 Å². The fourth-order valence-electron chi connectivity index (χ4n) is 2.43. The quantitative estimate of drug-likeness (QED) is 0.477. The van der Waals surface area contributed by atoms with E-state index < -0.39 is 0 Å². The monoisotopic (exact) mass is 371 g/mol. The van der Waals surface area contributed by atoms with E-state index in [4.69, 9.17) is 14.5 Å². The van der Waals surface area contributed by atoms with Gasteiger partial charge < -0.3 is 9.47 Å². The van der Waals surface area contributed by atoms with Crippen LogP contribution in [0, 0.1) is 0 Å². The van der Waals surface area contributed by atoms with Gasteiger partial charge in [0.15, 0.2) is 4.34 Å². The van der Waals surface area contributed by atoms with Gasteiger partial charge in [0.05, 0.1) is 24.8 Å². The molecule has 2 aromatic carbocycles. The Morgan fingerprint density at radius 3 is 1.96 bits per heavy atom. The number of methoxy groups -OCH3 is 2. The van der Waals surface area contributed by atoms with E-state index in [1.165, 1.54) is 4.88 Å². The molecule has 3 rings (SSSR count). The summed E-state index contributed by atoms with van der Waals surface area (Å²) in [5, 5.41) is 0. The number of nitrogens with zero attached hydrogens (tertiary/aromatic N) is 1. The van der Waals surface area contributed by atoms with Crippen molar-refractivity contribution in [1.29, 1.82) is 0 Å². The zero-order valence-corrected chi connectivity index (χ0v) is 16.2. The Balaban J connectivity index is 2.02. The summed E-state index contributed by atoms with van der Waals surface area (Å²) in [6.45, 7) is 2.19. The zero-order valence-electron chi connectivity index (χ0n) is 14.6. The van der Waals surface area contributed by atoms with Crippen molar-refractivity contribution in [3.8, 4) is 33.2 Å². The van der Waals surface area contributed by atoms with Gasteiger partial charge in [-0.3, -0.25) is 0 Å². The third kappa shape index (κ3) is 4.17. The van der Waals surface area contributed by atoms with Gasteiger partial charge in [0.2, 0.25) is 0 Å². The molecule has 0 saturated carbocycles. The Morgan fingerprint density at radius 1 is 0.880 bits per heavy atom. The van der Waals surface area contributed by atoms with Crippen LogP contribution in [0.3, 0.4) is 0 Å². The highest BCUT2D eigenvalue weighted by Gasteiger charge is 2.15. The second-order valence-corrected chi connectivity index (χ2v) is 7.80. The third-order valence-corrected chi connectivity index (χ3v) is 6.21. The molecule has 0 aliphatic rings. The van der Waals surface area contributed by atoms with Gasteiger partial charge in [0.25, 0.3) is 0 Å². The molecule has 1 aromatic heterocycles. The molecule has 0 aliphatic heterocycles. The second-order valence-electron chi connectivity index (χ2n) is 5.46. The van der Waals surface area contributed by atoms with E-state index in [2.05, 4.69) is 31.2 Å². The molecule has 3 nitrogen and oxygen atoms in total. The molecular weight excluding hydrogens is 350 g/mol. The van der Waals surface area contributed by atoms with E-state index in [0.717, 1.165) is 44.8 Å². The van der Waals surface area contributed by atoms with Crippen molar-refractivity contribution in [2.75, 3.05) is 20.0 Å². The third-order valence-electron chi connectivity index (χ3n) is 3.75. The predicted octanol–water partition coefficient (Wildman–Crippen LogP) is 6.00. The van der Waals surface area contributed by atoms with Crippen LogP contribution in [0.4, 0.5) is 0 Å². The lowest BCUT2D eigenvalue weighted by Crippen LogP contribution is -1.86. The topological polar surface area (TPSA) is 31.4 Å². The standard InChI is InChI=1S/C20H21NO2S2/c1-4-13-24-20-21-18(14-5-9-16(22-2)10-6-14)19(25-20)15-7-11-17(23-3)12-8-15/h5-12H,4,13H2,1-3H3. The predicted molar refractivity (Wildman–Crippen MR) is 107 cm³/mol. The Kier molecular flexibility index (Phi) is 6.00. The Hall–Kier alpha value is -1.98. The van der Waals surface area contributed by atoms with Crippen molar-refractivity contribution in [3.63, 3.8) is 0 Å².